The Balaban J connectivity index is 3.13. The molecule has 0 aliphatic rings. The van der Waals surface area contributed by atoms with Crippen LogP contribution in [-0.4, -0.2) is 15.7 Å². The molecule has 0 heterocycles. The van der Waals surface area contributed by atoms with Gasteiger partial charge in [0.25, 0.3) is 0 Å². The first kappa shape index (κ1) is 19.2. The third-order valence-corrected chi connectivity index (χ3v) is 9.94. The highest BCUT2D eigenvalue weighted by molar-refractivity contribution is 8.38. The summed E-state index contributed by atoms with van der Waals surface area (Å²) in [6.45, 7) is 18.6. The average molecular weight is 319 g/mol. The Morgan fingerprint density at radius 3 is 1.64 bits per heavy atom. The smallest absolute Gasteiger partial charge is 0.0253 e. The molecule has 1 atom stereocenters. The Morgan fingerprint density at radius 2 is 1.27 bits per heavy atom. The summed E-state index contributed by atoms with van der Waals surface area (Å²) >= 11 is 0. The number of hydrogen-bond acceptors (Lipinski definition) is 0. The minimum atomic E-state index is -0.937. The van der Waals surface area contributed by atoms with Gasteiger partial charge < -0.3 is 0 Å². The quantitative estimate of drug-likeness (QED) is 0.541. The Kier molecular flexibility index (Phi) is 7.07. The normalized spacial score (nSPS) is 14.1. The summed E-state index contributed by atoms with van der Waals surface area (Å²) in [6.07, 6.45) is 1.19. The van der Waals surface area contributed by atoms with Gasteiger partial charge in [-0.25, -0.2) is 0 Å². The molecule has 0 amide bonds. The summed E-state index contributed by atoms with van der Waals surface area (Å²) in [5.74, 6) is 4.13. The summed E-state index contributed by atoms with van der Waals surface area (Å²) < 4.78 is 0. The molecule has 0 aliphatic heterocycles. The second kappa shape index (κ2) is 8.11. The maximum Gasteiger partial charge on any atom is 0.0253 e. The van der Waals surface area contributed by atoms with E-state index in [4.69, 9.17) is 0 Å². The molecule has 0 bridgehead atoms. The predicted molar refractivity (Wildman–Crippen MR) is 105 cm³/mol. The first-order valence-electron chi connectivity index (χ1n) is 8.68. The molecule has 0 spiro atoms. The van der Waals surface area contributed by atoms with E-state index in [1.54, 1.807) is 0 Å². The molecule has 0 fully saturated rings. The first-order valence-corrected chi connectivity index (χ1v) is 10.5. The minimum Gasteiger partial charge on any atom is -0.170 e. The lowest BCUT2D eigenvalue weighted by molar-refractivity contribution is 0.733. The second-order valence-electron chi connectivity index (χ2n) is 7.07. The summed E-state index contributed by atoms with van der Waals surface area (Å²) in [5.41, 5.74) is 2.58. The van der Waals surface area contributed by atoms with Crippen molar-refractivity contribution < 1.29 is 0 Å². The van der Waals surface area contributed by atoms with Crippen LogP contribution in [-0.2, 0) is 0 Å². The fraction of sp³-hybridized carbons (Fsp3) is 0.619. The molecule has 124 valence electrons. The third kappa shape index (κ3) is 4.11. The molecular formula is C21H34S. The molecule has 0 N–H and O–H groups in total. The van der Waals surface area contributed by atoms with Gasteiger partial charge in [0, 0.05) is 5.56 Å². The Labute approximate surface area is 140 Å². The summed E-state index contributed by atoms with van der Waals surface area (Å²) in [4.78, 5) is 0. The van der Waals surface area contributed by atoms with Crippen molar-refractivity contribution >= 4 is 10.0 Å². The SMILES string of the molecule is CCC(C)c1ccc(C#CS(C(C)C)(C(C)C)C(C)C)cc1. The van der Waals surface area contributed by atoms with Gasteiger partial charge in [-0.05, 0) is 51.0 Å². The van der Waals surface area contributed by atoms with Crippen LogP contribution in [0.25, 0.3) is 0 Å². The fourth-order valence-electron chi connectivity index (χ4n) is 3.26. The molecule has 0 aromatic heterocycles. The van der Waals surface area contributed by atoms with Gasteiger partial charge in [0.1, 0.15) is 0 Å². The lowest BCUT2D eigenvalue weighted by atomic mass is 9.98. The van der Waals surface area contributed by atoms with E-state index < -0.39 is 10.0 Å². The molecule has 0 saturated carbocycles. The van der Waals surface area contributed by atoms with E-state index in [9.17, 15) is 0 Å². The lowest BCUT2D eigenvalue weighted by Gasteiger charge is -2.46. The van der Waals surface area contributed by atoms with Crippen molar-refractivity contribution in [3.05, 3.63) is 35.4 Å². The highest BCUT2D eigenvalue weighted by Crippen LogP contribution is 2.59. The van der Waals surface area contributed by atoms with Gasteiger partial charge in [-0.3, -0.25) is 0 Å². The van der Waals surface area contributed by atoms with E-state index in [0.29, 0.717) is 21.7 Å². The van der Waals surface area contributed by atoms with Crippen LogP contribution >= 0.6 is 10.0 Å². The van der Waals surface area contributed by atoms with E-state index in [1.165, 1.54) is 12.0 Å². The predicted octanol–water partition coefficient (Wildman–Crippen LogP) is 6.54. The van der Waals surface area contributed by atoms with Crippen molar-refractivity contribution in [1.82, 2.24) is 0 Å². The van der Waals surface area contributed by atoms with Crippen LogP contribution in [0.3, 0.4) is 0 Å². The first-order chi connectivity index (χ1) is 10.3. The van der Waals surface area contributed by atoms with Gasteiger partial charge in [0.05, 0.1) is 0 Å². The van der Waals surface area contributed by atoms with Gasteiger partial charge in [0.15, 0.2) is 0 Å². The van der Waals surface area contributed by atoms with Crippen molar-refractivity contribution in [3.8, 4) is 11.2 Å². The number of hydrogen-bond donors (Lipinski definition) is 0. The van der Waals surface area contributed by atoms with Crippen LogP contribution in [0.5, 0.6) is 0 Å². The molecule has 1 heteroatoms. The number of benzene rings is 1. The van der Waals surface area contributed by atoms with Gasteiger partial charge in [-0.15, -0.1) is 0 Å². The molecule has 22 heavy (non-hydrogen) atoms. The van der Waals surface area contributed by atoms with Crippen molar-refractivity contribution in [2.45, 2.75) is 83.5 Å². The van der Waals surface area contributed by atoms with E-state index in [1.807, 2.05) is 0 Å². The van der Waals surface area contributed by atoms with E-state index in [-0.39, 0.29) is 0 Å². The molecule has 1 rings (SSSR count). The zero-order chi connectivity index (χ0) is 16.9. The fourth-order valence-corrected chi connectivity index (χ4v) is 7.53. The van der Waals surface area contributed by atoms with Crippen LogP contribution in [0, 0.1) is 11.2 Å². The van der Waals surface area contributed by atoms with Crippen molar-refractivity contribution in [3.63, 3.8) is 0 Å². The van der Waals surface area contributed by atoms with Crippen LogP contribution in [0.1, 0.15) is 78.9 Å². The molecule has 0 nitrogen and oxygen atoms in total. The van der Waals surface area contributed by atoms with Crippen LogP contribution in [0.15, 0.2) is 24.3 Å². The monoisotopic (exact) mass is 318 g/mol. The lowest BCUT2D eigenvalue weighted by Crippen LogP contribution is -2.27. The van der Waals surface area contributed by atoms with Gasteiger partial charge in [0.2, 0.25) is 0 Å². The van der Waals surface area contributed by atoms with E-state index >= 15 is 0 Å². The zero-order valence-electron chi connectivity index (χ0n) is 15.7. The van der Waals surface area contributed by atoms with Crippen molar-refractivity contribution in [2.75, 3.05) is 0 Å². The van der Waals surface area contributed by atoms with Crippen LogP contribution in [0.2, 0.25) is 0 Å². The maximum absolute atomic E-state index is 3.74. The molecule has 0 aliphatic carbocycles. The Morgan fingerprint density at radius 1 is 0.818 bits per heavy atom. The molecule has 1 aromatic rings. The molecular weight excluding hydrogens is 284 g/mol. The van der Waals surface area contributed by atoms with Crippen LogP contribution < -0.4 is 0 Å². The molecule has 0 saturated heterocycles. The van der Waals surface area contributed by atoms with Crippen LogP contribution in [0.4, 0.5) is 0 Å². The maximum atomic E-state index is 3.74. The largest absolute Gasteiger partial charge is 0.170 e. The molecule has 0 radical (unpaired) electrons. The highest BCUT2D eigenvalue weighted by Gasteiger charge is 2.32. The molecule has 1 aromatic carbocycles. The van der Waals surface area contributed by atoms with Crippen molar-refractivity contribution in [1.29, 1.82) is 0 Å². The summed E-state index contributed by atoms with van der Waals surface area (Å²) in [5, 5.41) is 5.66. The standard InChI is InChI=1S/C21H34S/c1-9-19(8)21-12-10-20(11-13-21)14-15-22(16(2)3,17(4)5)18(6)7/h10-13,16-19H,9H2,1-8H3. The topological polar surface area (TPSA) is 0 Å². The zero-order valence-corrected chi connectivity index (χ0v) is 16.6. The van der Waals surface area contributed by atoms with E-state index in [0.717, 1.165) is 5.56 Å². The average Bonchev–Trinajstić information content (AvgIpc) is 2.46. The van der Waals surface area contributed by atoms with E-state index in [2.05, 4.69) is 90.8 Å². The Hall–Kier alpha value is -0.870. The van der Waals surface area contributed by atoms with Gasteiger partial charge >= 0.3 is 0 Å². The molecule has 1 unspecified atom stereocenters. The van der Waals surface area contributed by atoms with Gasteiger partial charge in [-0.1, -0.05) is 73.4 Å². The van der Waals surface area contributed by atoms with Crippen molar-refractivity contribution in [2.24, 2.45) is 0 Å². The number of rotatable bonds is 5. The second-order valence-corrected chi connectivity index (χ2v) is 11.6. The Bertz CT molecular complexity index is 489. The summed E-state index contributed by atoms with van der Waals surface area (Å²) in [6, 6.07) is 8.88. The minimum absolute atomic E-state index is 0.633. The highest BCUT2D eigenvalue weighted by atomic mass is 32.3. The third-order valence-electron chi connectivity index (χ3n) is 4.80. The summed E-state index contributed by atoms with van der Waals surface area (Å²) in [7, 11) is -0.937. The van der Waals surface area contributed by atoms with Gasteiger partial charge in [-0.2, -0.15) is 10.0 Å².